The standard InChI is InChI=1S/C10H12N2O2S/c1-3-6-4-5-7(15-6)10(2)8(13)11-9(14)12-10/h4-5H,3H2,1-2H3,(H2,11,12,13,14). The second-order valence-electron chi connectivity index (χ2n) is 3.65. The van der Waals surface area contributed by atoms with Crippen LogP contribution in [0.1, 0.15) is 23.6 Å². The molecular formula is C10H12N2O2S. The molecule has 1 saturated heterocycles. The summed E-state index contributed by atoms with van der Waals surface area (Å²) in [6, 6.07) is 3.46. The van der Waals surface area contributed by atoms with E-state index in [-0.39, 0.29) is 5.91 Å². The fraction of sp³-hybridized carbons (Fsp3) is 0.400. The fourth-order valence-corrected chi connectivity index (χ4v) is 2.60. The molecule has 1 aliphatic heterocycles. The molecule has 5 heteroatoms. The number of aryl methyl sites for hydroxylation is 1. The third kappa shape index (κ3) is 1.52. The first-order chi connectivity index (χ1) is 7.06. The van der Waals surface area contributed by atoms with Crippen LogP contribution in [-0.2, 0) is 16.8 Å². The first-order valence-electron chi connectivity index (χ1n) is 4.79. The Labute approximate surface area is 91.7 Å². The first-order valence-corrected chi connectivity index (χ1v) is 5.60. The summed E-state index contributed by atoms with van der Waals surface area (Å²) >= 11 is 1.56. The minimum absolute atomic E-state index is 0.281. The molecule has 0 bridgehead atoms. The molecule has 1 fully saturated rings. The molecule has 15 heavy (non-hydrogen) atoms. The van der Waals surface area contributed by atoms with Gasteiger partial charge in [0.05, 0.1) is 0 Å². The zero-order valence-corrected chi connectivity index (χ0v) is 9.40. The van der Waals surface area contributed by atoms with Crippen molar-refractivity contribution in [3.8, 4) is 0 Å². The molecule has 1 aromatic rings. The zero-order chi connectivity index (χ0) is 11.1. The minimum atomic E-state index is -0.894. The van der Waals surface area contributed by atoms with Crippen LogP contribution in [0, 0.1) is 0 Å². The van der Waals surface area contributed by atoms with E-state index in [0.717, 1.165) is 11.3 Å². The van der Waals surface area contributed by atoms with Gasteiger partial charge in [0.1, 0.15) is 0 Å². The summed E-state index contributed by atoms with van der Waals surface area (Å²) in [4.78, 5) is 24.8. The summed E-state index contributed by atoms with van der Waals surface area (Å²) in [7, 11) is 0. The number of rotatable bonds is 2. The molecule has 1 atom stereocenters. The normalized spacial score (nSPS) is 25.2. The highest BCUT2D eigenvalue weighted by Crippen LogP contribution is 2.30. The predicted molar refractivity (Wildman–Crippen MR) is 57.7 cm³/mol. The van der Waals surface area contributed by atoms with Crippen molar-refractivity contribution in [2.75, 3.05) is 0 Å². The van der Waals surface area contributed by atoms with Gasteiger partial charge in [-0.2, -0.15) is 0 Å². The van der Waals surface area contributed by atoms with E-state index in [0.29, 0.717) is 0 Å². The lowest BCUT2D eigenvalue weighted by molar-refractivity contribution is -0.123. The number of nitrogens with one attached hydrogen (secondary N) is 2. The van der Waals surface area contributed by atoms with Gasteiger partial charge < -0.3 is 5.32 Å². The maximum Gasteiger partial charge on any atom is 0.322 e. The number of carbonyl (C=O) groups is 2. The van der Waals surface area contributed by atoms with E-state index in [9.17, 15) is 9.59 Å². The fourth-order valence-electron chi connectivity index (χ4n) is 1.55. The molecular weight excluding hydrogens is 212 g/mol. The SMILES string of the molecule is CCc1ccc(C2(C)NC(=O)NC2=O)s1. The lowest BCUT2D eigenvalue weighted by atomic mass is 10.0. The van der Waals surface area contributed by atoms with E-state index in [4.69, 9.17) is 0 Å². The zero-order valence-electron chi connectivity index (χ0n) is 8.59. The van der Waals surface area contributed by atoms with Gasteiger partial charge in [-0.15, -0.1) is 11.3 Å². The quantitative estimate of drug-likeness (QED) is 0.745. The van der Waals surface area contributed by atoms with Crippen LogP contribution in [0.5, 0.6) is 0 Å². The van der Waals surface area contributed by atoms with Crippen molar-refractivity contribution in [1.29, 1.82) is 0 Å². The number of carbonyl (C=O) groups excluding carboxylic acids is 2. The Kier molecular flexibility index (Phi) is 2.26. The van der Waals surface area contributed by atoms with Gasteiger partial charge >= 0.3 is 6.03 Å². The third-order valence-corrected chi connectivity index (χ3v) is 4.00. The predicted octanol–water partition coefficient (Wildman–Crippen LogP) is 1.37. The molecule has 0 saturated carbocycles. The summed E-state index contributed by atoms with van der Waals surface area (Å²) < 4.78 is 0. The van der Waals surface area contributed by atoms with Gasteiger partial charge in [-0.1, -0.05) is 6.92 Å². The Morgan fingerprint density at radius 3 is 2.60 bits per heavy atom. The lowest BCUT2D eigenvalue weighted by Gasteiger charge is -2.18. The molecule has 1 aromatic heterocycles. The molecule has 0 aromatic carbocycles. The smallest absolute Gasteiger partial charge is 0.319 e. The van der Waals surface area contributed by atoms with E-state index >= 15 is 0 Å². The number of hydrogen-bond acceptors (Lipinski definition) is 3. The van der Waals surface area contributed by atoms with Crippen LogP contribution >= 0.6 is 11.3 Å². The number of urea groups is 1. The summed E-state index contributed by atoms with van der Waals surface area (Å²) in [5.41, 5.74) is -0.894. The van der Waals surface area contributed by atoms with Crippen molar-refractivity contribution in [1.82, 2.24) is 10.6 Å². The van der Waals surface area contributed by atoms with Gasteiger partial charge in [0.15, 0.2) is 5.54 Å². The highest BCUT2D eigenvalue weighted by Gasteiger charge is 2.44. The van der Waals surface area contributed by atoms with Gasteiger partial charge in [0.25, 0.3) is 5.91 Å². The van der Waals surface area contributed by atoms with E-state index in [1.54, 1.807) is 18.3 Å². The van der Waals surface area contributed by atoms with Crippen LogP contribution in [0.2, 0.25) is 0 Å². The van der Waals surface area contributed by atoms with Gasteiger partial charge in [-0.25, -0.2) is 4.79 Å². The summed E-state index contributed by atoms with van der Waals surface area (Å²) in [5, 5.41) is 4.90. The van der Waals surface area contributed by atoms with Crippen molar-refractivity contribution in [3.05, 3.63) is 21.9 Å². The first kappa shape index (κ1) is 10.2. The summed E-state index contributed by atoms with van der Waals surface area (Å²) in [6.45, 7) is 3.78. The van der Waals surface area contributed by atoms with Crippen molar-refractivity contribution >= 4 is 23.3 Å². The molecule has 1 aliphatic rings. The molecule has 0 aliphatic carbocycles. The average Bonchev–Trinajstić information content (AvgIpc) is 2.73. The van der Waals surface area contributed by atoms with Gasteiger partial charge in [-0.05, 0) is 25.5 Å². The van der Waals surface area contributed by atoms with Gasteiger partial charge in [0, 0.05) is 9.75 Å². The lowest BCUT2D eigenvalue weighted by Crippen LogP contribution is -2.39. The number of thiophene rings is 1. The van der Waals surface area contributed by atoms with Crippen LogP contribution in [0.25, 0.3) is 0 Å². The largest absolute Gasteiger partial charge is 0.322 e. The van der Waals surface area contributed by atoms with Crippen molar-refractivity contribution in [2.24, 2.45) is 0 Å². The van der Waals surface area contributed by atoms with Crippen LogP contribution in [0.15, 0.2) is 12.1 Å². The van der Waals surface area contributed by atoms with E-state index in [1.165, 1.54) is 4.88 Å². The summed E-state index contributed by atoms with van der Waals surface area (Å²) in [6.07, 6.45) is 0.941. The van der Waals surface area contributed by atoms with Crippen molar-refractivity contribution in [3.63, 3.8) is 0 Å². The van der Waals surface area contributed by atoms with E-state index in [2.05, 4.69) is 17.6 Å². The number of hydrogen-bond donors (Lipinski definition) is 2. The maximum absolute atomic E-state index is 11.6. The van der Waals surface area contributed by atoms with Crippen molar-refractivity contribution < 1.29 is 9.59 Å². The van der Waals surface area contributed by atoms with Gasteiger partial charge in [0.2, 0.25) is 0 Å². The second-order valence-corrected chi connectivity index (χ2v) is 4.82. The second kappa shape index (κ2) is 3.34. The van der Waals surface area contributed by atoms with Gasteiger partial charge in [-0.3, -0.25) is 10.1 Å². The monoisotopic (exact) mass is 224 g/mol. The number of amides is 3. The molecule has 2 N–H and O–H groups in total. The van der Waals surface area contributed by atoms with Crippen LogP contribution < -0.4 is 10.6 Å². The molecule has 2 heterocycles. The average molecular weight is 224 g/mol. The van der Waals surface area contributed by atoms with Crippen LogP contribution in [0.4, 0.5) is 4.79 Å². The van der Waals surface area contributed by atoms with E-state index in [1.807, 2.05) is 12.1 Å². The third-order valence-electron chi connectivity index (χ3n) is 2.55. The molecule has 3 amide bonds. The minimum Gasteiger partial charge on any atom is -0.319 e. The Morgan fingerprint density at radius 2 is 2.13 bits per heavy atom. The maximum atomic E-state index is 11.6. The molecule has 0 spiro atoms. The van der Waals surface area contributed by atoms with Crippen LogP contribution in [-0.4, -0.2) is 11.9 Å². The Morgan fingerprint density at radius 1 is 1.40 bits per heavy atom. The summed E-state index contributed by atoms with van der Waals surface area (Å²) in [5.74, 6) is -0.281. The Bertz CT molecular complexity index is 427. The molecule has 80 valence electrons. The topological polar surface area (TPSA) is 58.2 Å². The van der Waals surface area contributed by atoms with E-state index < -0.39 is 11.6 Å². The molecule has 2 rings (SSSR count). The Hall–Kier alpha value is -1.36. The number of imide groups is 1. The molecule has 1 unspecified atom stereocenters. The highest BCUT2D eigenvalue weighted by atomic mass is 32.1. The highest BCUT2D eigenvalue weighted by molar-refractivity contribution is 7.12. The van der Waals surface area contributed by atoms with Crippen LogP contribution in [0.3, 0.4) is 0 Å². The molecule has 0 radical (unpaired) electrons. The Balaban J connectivity index is 2.37. The molecule has 4 nitrogen and oxygen atoms in total. The van der Waals surface area contributed by atoms with Crippen molar-refractivity contribution in [2.45, 2.75) is 25.8 Å².